The van der Waals surface area contributed by atoms with Crippen LogP contribution >= 0.6 is 11.6 Å². The monoisotopic (exact) mass is 418 g/mol. The van der Waals surface area contributed by atoms with Crippen LogP contribution in [-0.2, 0) is 12.7 Å². The summed E-state index contributed by atoms with van der Waals surface area (Å²) in [6, 6.07) is 4.68. The number of aromatic nitrogens is 1. The molecule has 2 aromatic rings. The summed E-state index contributed by atoms with van der Waals surface area (Å²) >= 11 is 5.67. The van der Waals surface area contributed by atoms with Crippen molar-refractivity contribution in [1.29, 1.82) is 0 Å². The van der Waals surface area contributed by atoms with Crippen molar-refractivity contribution in [3.63, 3.8) is 0 Å². The fraction of sp³-hybridized carbons (Fsp3) is 0.455. The van der Waals surface area contributed by atoms with E-state index in [1.54, 1.807) is 0 Å². The maximum Gasteiger partial charge on any atom is 0.253 e. The normalized spacial score (nSPS) is 32.9. The van der Waals surface area contributed by atoms with Crippen molar-refractivity contribution in [2.24, 2.45) is 0 Å². The number of benzene rings is 1. The van der Waals surface area contributed by atoms with E-state index in [-0.39, 0.29) is 10.5 Å². The quantitative estimate of drug-likeness (QED) is 0.628. The number of halogens is 3. The highest BCUT2D eigenvalue weighted by Gasteiger charge is 2.35. The summed E-state index contributed by atoms with van der Waals surface area (Å²) in [6.07, 6.45) is -16.6. The molecular formula is C22H25ClF2N2O. The van der Waals surface area contributed by atoms with E-state index < -0.39 is 85.0 Å². The molecule has 0 aliphatic carbocycles. The Morgan fingerprint density at radius 1 is 1.39 bits per heavy atom. The van der Waals surface area contributed by atoms with E-state index in [0.717, 1.165) is 30.5 Å². The molecule has 1 aromatic heterocycles. The topological polar surface area (TPSA) is 33.2 Å². The SMILES string of the molecule is [2H]C([2H])(C)c1ccc(C([2H])([2H])CC([2H])([2H])C2(F)C([2H])([2H])CN(C(=O)c3ccc(F)c(Cl)c3)C([2H])([2H])C2([2H])[2H])nc1. The number of alkyl halides is 1. The maximum absolute atomic E-state index is 16.8. The van der Waals surface area contributed by atoms with Gasteiger partial charge in [-0.05, 0) is 68.1 Å². The van der Waals surface area contributed by atoms with Crippen LogP contribution < -0.4 is 0 Å². The lowest BCUT2D eigenvalue weighted by atomic mass is 9.87. The van der Waals surface area contributed by atoms with Crippen molar-refractivity contribution in [2.75, 3.05) is 13.0 Å². The molecule has 1 aromatic carbocycles. The number of carbonyl (C=O) groups is 1. The average Bonchev–Trinajstić information content (AvgIpc) is 2.81. The minimum absolute atomic E-state index is 0.0398. The molecule has 3 rings (SSSR count). The first-order valence-electron chi connectivity index (χ1n) is 14.3. The van der Waals surface area contributed by atoms with E-state index in [9.17, 15) is 9.18 Å². The molecule has 1 fully saturated rings. The standard InChI is InChI=1S/C22H25ClF2N2O/c1-2-16-5-7-18(26-15-16)4-3-9-22(25)10-12-27(13-11-22)21(28)17-6-8-20(24)19(23)14-17/h5-8,14-15H,2-4,9-13H2,1H3/i2D2,4D2,9D2,10D2,11D2,12D2. The van der Waals surface area contributed by atoms with E-state index in [0.29, 0.717) is 0 Å². The first-order valence-corrected chi connectivity index (χ1v) is 8.64. The van der Waals surface area contributed by atoms with Crippen molar-refractivity contribution in [2.45, 2.75) is 50.9 Å². The minimum atomic E-state index is -4.36. The Kier molecular flexibility index (Phi) is 3.26. The summed E-state index contributed by atoms with van der Waals surface area (Å²) in [6.45, 7) is -3.94. The second-order valence-electron chi connectivity index (χ2n) is 5.80. The number of hydrogen-bond donors (Lipinski definition) is 0. The van der Waals surface area contributed by atoms with Gasteiger partial charge in [-0.15, -0.1) is 0 Å². The number of carbonyl (C=O) groups excluding carboxylic acids is 1. The van der Waals surface area contributed by atoms with Gasteiger partial charge in [0.2, 0.25) is 0 Å². The van der Waals surface area contributed by atoms with Crippen molar-refractivity contribution in [3.05, 3.63) is 64.2 Å². The first-order chi connectivity index (χ1) is 17.8. The van der Waals surface area contributed by atoms with Crippen molar-refractivity contribution in [3.8, 4) is 0 Å². The van der Waals surface area contributed by atoms with Crippen LogP contribution in [0.5, 0.6) is 0 Å². The van der Waals surface area contributed by atoms with Gasteiger partial charge in [-0.1, -0.05) is 24.6 Å². The Morgan fingerprint density at radius 3 is 2.89 bits per heavy atom. The van der Waals surface area contributed by atoms with Gasteiger partial charge in [-0.3, -0.25) is 9.78 Å². The highest BCUT2D eigenvalue weighted by Crippen LogP contribution is 2.32. The smallest absolute Gasteiger partial charge is 0.253 e. The molecule has 1 amide bonds. The fourth-order valence-electron chi connectivity index (χ4n) is 2.33. The number of aryl methyl sites for hydroxylation is 2. The molecule has 0 radical (unpaired) electrons. The van der Waals surface area contributed by atoms with Crippen molar-refractivity contribution in [1.82, 2.24) is 9.88 Å². The lowest BCUT2D eigenvalue weighted by Crippen LogP contribution is -2.44. The van der Waals surface area contributed by atoms with Gasteiger partial charge in [0.15, 0.2) is 0 Å². The summed E-state index contributed by atoms with van der Waals surface area (Å²) in [5.41, 5.74) is -5.23. The van der Waals surface area contributed by atoms with Crippen LogP contribution in [0.25, 0.3) is 0 Å². The zero-order valence-electron chi connectivity index (χ0n) is 26.8. The van der Waals surface area contributed by atoms with E-state index in [1.807, 2.05) is 0 Å². The number of likely N-dealkylation sites (tertiary alicyclic amines) is 1. The molecule has 0 N–H and O–H groups in total. The molecule has 1 atom stereocenters. The van der Waals surface area contributed by atoms with Crippen LogP contribution in [0.3, 0.4) is 0 Å². The summed E-state index contributed by atoms with van der Waals surface area (Å²) in [7, 11) is 0. The molecule has 0 bridgehead atoms. The molecule has 28 heavy (non-hydrogen) atoms. The third kappa shape index (κ3) is 5.07. The Balaban J connectivity index is 2.05. The highest BCUT2D eigenvalue weighted by molar-refractivity contribution is 6.31. The summed E-state index contributed by atoms with van der Waals surface area (Å²) in [5.74, 6) is -2.29. The molecular weight excluding hydrogens is 382 g/mol. The Bertz CT molecular complexity index is 1300. The molecule has 1 aliphatic rings. The van der Waals surface area contributed by atoms with E-state index in [2.05, 4.69) is 4.98 Å². The van der Waals surface area contributed by atoms with Gasteiger partial charge < -0.3 is 4.90 Å². The zero-order chi connectivity index (χ0) is 30.9. The van der Waals surface area contributed by atoms with Gasteiger partial charge in [-0.2, -0.15) is 0 Å². The molecule has 2 heterocycles. The van der Waals surface area contributed by atoms with Gasteiger partial charge in [0.1, 0.15) is 11.5 Å². The molecule has 150 valence electrons. The summed E-state index contributed by atoms with van der Waals surface area (Å²) in [4.78, 5) is 16.9. The molecule has 0 saturated carbocycles. The largest absolute Gasteiger partial charge is 0.338 e. The lowest BCUT2D eigenvalue weighted by Gasteiger charge is -2.36. The Hall–Kier alpha value is -2.01. The van der Waals surface area contributed by atoms with Crippen LogP contribution in [0.4, 0.5) is 8.78 Å². The van der Waals surface area contributed by atoms with Gasteiger partial charge >= 0.3 is 0 Å². The number of rotatable bonds is 6. The van der Waals surface area contributed by atoms with Crippen molar-refractivity contribution < 1.29 is 30.0 Å². The van der Waals surface area contributed by atoms with Crippen molar-refractivity contribution >= 4 is 17.5 Å². The van der Waals surface area contributed by atoms with Crippen LogP contribution in [0.2, 0.25) is 5.02 Å². The third-order valence-corrected chi connectivity index (χ3v) is 4.20. The van der Waals surface area contributed by atoms with Gasteiger partial charge in [0.25, 0.3) is 5.91 Å². The van der Waals surface area contributed by atoms with Crippen LogP contribution in [0, 0.1) is 5.82 Å². The highest BCUT2D eigenvalue weighted by atomic mass is 35.5. The van der Waals surface area contributed by atoms with Gasteiger partial charge in [0.05, 0.1) is 5.02 Å². The molecule has 0 spiro atoms. The Labute approximate surface area is 186 Å². The Morgan fingerprint density at radius 2 is 2.21 bits per heavy atom. The second-order valence-corrected chi connectivity index (χ2v) is 6.21. The number of pyridine rings is 1. The lowest BCUT2D eigenvalue weighted by molar-refractivity contribution is 0.0389. The van der Waals surface area contributed by atoms with E-state index in [4.69, 9.17) is 28.1 Å². The molecule has 3 nitrogen and oxygen atoms in total. The van der Waals surface area contributed by atoms with Crippen LogP contribution in [-0.4, -0.2) is 34.5 Å². The number of amides is 1. The van der Waals surface area contributed by atoms with E-state index >= 15 is 4.39 Å². The second kappa shape index (κ2) is 8.99. The fourth-order valence-corrected chi connectivity index (χ4v) is 2.51. The van der Waals surface area contributed by atoms with E-state index in [1.165, 1.54) is 13.0 Å². The molecule has 6 heteroatoms. The molecule has 1 unspecified atom stereocenters. The number of hydrogen-bond acceptors (Lipinski definition) is 2. The van der Waals surface area contributed by atoms with Crippen LogP contribution in [0.15, 0.2) is 36.5 Å². The third-order valence-electron chi connectivity index (χ3n) is 3.91. The minimum Gasteiger partial charge on any atom is -0.338 e. The van der Waals surface area contributed by atoms with Crippen LogP contribution in [0.1, 0.15) is 70.5 Å². The number of piperidine rings is 1. The van der Waals surface area contributed by atoms with Gasteiger partial charge in [0, 0.05) is 46.9 Å². The summed E-state index contributed by atoms with van der Waals surface area (Å²) in [5, 5.41) is -0.537. The molecule has 1 aliphatic heterocycles. The predicted molar refractivity (Wildman–Crippen MR) is 107 cm³/mol. The van der Waals surface area contributed by atoms with Gasteiger partial charge in [-0.25, -0.2) is 8.78 Å². The summed E-state index contributed by atoms with van der Waals surface area (Å²) < 4.78 is 129. The predicted octanol–water partition coefficient (Wildman–Crippen LogP) is 5.40. The number of nitrogens with zero attached hydrogens (tertiary/aromatic N) is 2. The molecule has 1 saturated heterocycles. The zero-order valence-corrected chi connectivity index (χ0v) is 15.6. The first kappa shape index (κ1) is 10.1. The average molecular weight is 419 g/mol. The maximum atomic E-state index is 16.8.